The molecular formula is C20H24N6O3. The number of amides is 1. The number of aromatic nitrogens is 4. The monoisotopic (exact) mass is 396 g/mol. The van der Waals surface area contributed by atoms with E-state index in [1.54, 1.807) is 37.7 Å². The molecule has 4 rings (SSSR count). The summed E-state index contributed by atoms with van der Waals surface area (Å²) < 4.78 is 12.3. The van der Waals surface area contributed by atoms with Crippen LogP contribution in [0.4, 0.5) is 0 Å². The summed E-state index contributed by atoms with van der Waals surface area (Å²) in [5.41, 5.74) is 2.97. The molecular weight excluding hydrogens is 372 g/mol. The number of carbonyl (C=O) groups excluding carboxylic acids is 1. The van der Waals surface area contributed by atoms with Gasteiger partial charge < -0.3 is 20.1 Å². The summed E-state index contributed by atoms with van der Waals surface area (Å²) in [6.07, 6.45) is 4.39. The SMILES string of the molecule is COc1ccc(OC)c(C(=O)NCCn2nc([C@H]3CCNC3)c3nccnc32)c1. The second-order valence-corrected chi connectivity index (χ2v) is 6.85. The minimum Gasteiger partial charge on any atom is -0.497 e. The van der Waals surface area contributed by atoms with Crippen molar-refractivity contribution in [1.29, 1.82) is 0 Å². The van der Waals surface area contributed by atoms with Gasteiger partial charge in [-0.3, -0.25) is 4.79 Å². The van der Waals surface area contributed by atoms with Gasteiger partial charge in [0.1, 0.15) is 17.0 Å². The molecule has 0 radical (unpaired) electrons. The maximum atomic E-state index is 12.6. The van der Waals surface area contributed by atoms with E-state index in [9.17, 15) is 4.79 Å². The van der Waals surface area contributed by atoms with Gasteiger partial charge in [-0.05, 0) is 31.2 Å². The van der Waals surface area contributed by atoms with Crippen LogP contribution < -0.4 is 20.1 Å². The van der Waals surface area contributed by atoms with Gasteiger partial charge in [0.2, 0.25) is 0 Å². The predicted octanol–water partition coefficient (Wildman–Crippen LogP) is 1.35. The van der Waals surface area contributed by atoms with Crippen molar-refractivity contribution in [2.45, 2.75) is 18.9 Å². The Balaban J connectivity index is 1.49. The highest BCUT2D eigenvalue weighted by atomic mass is 16.5. The number of hydrogen-bond acceptors (Lipinski definition) is 7. The molecule has 1 aliphatic heterocycles. The smallest absolute Gasteiger partial charge is 0.255 e. The number of ether oxygens (including phenoxy) is 2. The summed E-state index contributed by atoms with van der Waals surface area (Å²) in [6.45, 7) is 2.77. The van der Waals surface area contributed by atoms with Gasteiger partial charge >= 0.3 is 0 Å². The van der Waals surface area contributed by atoms with E-state index in [0.29, 0.717) is 36.1 Å². The van der Waals surface area contributed by atoms with E-state index in [1.165, 1.54) is 7.11 Å². The molecule has 0 spiro atoms. The van der Waals surface area contributed by atoms with Crippen molar-refractivity contribution in [1.82, 2.24) is 30.4 Å². The molecule has 9 nitrogen and oxygen atoms in total. The second kappa shape index (κ2) is 8.44. The highest BCUT2D eigenvalue weighted by Gasteiger charge is 2.24. The number of hydrogen-bond donors (Lipinski definition) is 2. The molecule has 152 valence electrons. The Hall–Kier alpha value is -3.20. The summed E-state index contributed by atoms with van der Waals surface area (Å²) >= 11 is 0. The predicted molar refractivity (Wildman–Crippen MR) is 107 cm³/mol. The Bertz CT molecular complexity index is 1010. The van der Waals surface area contributed by atoms with Crippen molar-refractivity contribution in [2.75, 3.05) is 33.9 Å². The summed E-state index contributed by atoms with van der Waals surface area (Å²) in [4.78, 5) is 21.6. The fraction of sp³-hybridized carbons (Fsp3) is 0.400. The van der Waals surface area contributed by atoms with Gasteiger partial charge in [0, 0.05) is 31.4 Å². The molecule has 29 heavy (non-hydrogen) atoms. The molecule has 0 aliphatic carbocycles. The Kier molecular flexibility index (Phi) is 5.57. The number of nitrogens with zero attached hydrogens (tertiary/aromatic N) is 4. The first-order valence-corrected chi connectivity index (χ1v) is 9.59. The molecule has 2 aromatic heterocycles. The van der Waals surface area contributed by atoms with Crippen molar-refractivity contribution in [3.63, 3.8) is 0 Å². The normalized spacial score (nSPS) is 16.1. The zero-order valence-electron chi connectivity index (χ0n) is 16.5. The van der Waals surface area contributed by atoms with Gasteiger partial charge in [0.05, 0.1) is 32.0 Å². The van der Waals surface area contributed by atoms with Crippen LogP contribution in [-0.2, 0) is 6.54 Å². The van der Waals surface area contributed by atoms with Gasteiger partial charge in [-0.25, -0.2) is 14.6 Å². The van der Waals surface area contributed by atoms with Crippen molar-refractivity contribution >= 4 is 17.1 Å². The topological polar surface area (TPSA) is 103 Å². The first-order chi connectivity index (χ1) is 14.2. The molecule has 1 fully saturated rings. The van der Waals surface area contributed by atoms with E-state index in [2.05, 4.69) is 20.6 Å². The van der Waals surface area contributed by atoms with E-state index in [1.807, 2.05) is 4.68 Å². The molecule has 2 N–H and O–H groups in total. The van der Waals surface area contributed by atoms with E-state index >= 15 is 0 Å². The largest absolute Gasteiger partial charge is 0.497 e. The second-order valence-electron chi connectivity index (χ2n) is 6.85. The van der Waals surface area contributed by atoms with Crippen molar-refractivity contribution in [3.05, 3.63) is 41.9 Å². The summed E-state index contributed by atoms with van der Waals surface area (Å²) in [6, 6.07) is 5.13. The number of carbonyl (C=O) groups is 1. The quantitative estimate of drug-likeness (QED) is 0.621. The molecule has 1 saturated heterocycles. The first-order valence-electron chi connectivity index (χ1n) is 9.59. The van der Waals surface area contributed by atoms with Crippen LogP contribution in [-0.4, -0.2) is 59.5 Å². The third-order valence-corrected chi connectivity index (χ3v) is 5.10. The van der Waals surface area contributed by atoms with E-state index in [-0.39, 0.29) is 5.91 Å². The highest BCUT2D eigenvalue weighted by Crippen LogP contribution is 2.27. The van der Waals surface area contributed by atoms with E-state index in [0.717, 1.165) is 36.4 Å². The van der Waals surface area contributed by atoms with Gasteiger partial charge in [-0.2, -0.15) is 5.10 Å². The summed E-state index contributed by atoms with van der Waals surface area (Å²) in [7, 11) is 3.09. The van der Waals surface area contributed by atoms with E-state index in [4.69, 9.17) is 14.6 Å². The van der Waals surface area contributed by atoms with Crippen molar-refractivity contribution < 1.29 is 14.3 Å². The summed E-state index contributed by atoms with van der Waals surface area (Å²) in [5, 5.41) is 11.0. The average Bonchev–Trinajstić information content (AvgIpc) is 3.41. The highest BCUT2D eigenvalue weighted by molar-refractivity contribution is 5.97. The molecule has 1 aliphatic rings. The van der Waals surface area contributed by atoms with Gasteiger partial charge in [0.15, 0.2) is 5.65 Å². The molecule has 0 saturated carbocycles. The molecule has 0 unspecified atom stereocenters. The first kappa shape index (κ1) is 19.1. The molecule has 1 amide bonds. The zero-order chi connectivity index (χ0) is 20.2. The molecule has 0 bridgehead atoms. The van der Waals surface area contributed by atoms with Crippen LogP contribution >= 0.6 is 0 Å². The summed E-state index contributed by atoms with van der Waals surface area (Å²) in [5.74, 6) is 1.20. The van der Waals surface area contributed by atoms with Gasteiger partial charge in [0.25, 0.3) is 5.91 Å². The Labute approximate surface area is 168 Å². The van der Waals surface area contributed by atoms with Crippen LogP contribution in [0.15, 0.2) is 30.6 Å². The number of fused-ring (bicyclic) bond motifs is 1. The van der Waals surface area contributed by atoms with Gasteiger partial charge in [-0.1, -0.05) is 0 Å². The van der Waals surface area contributed by atoms with Gasteiger partial charge in [-0.15, -0.1) is 0 Å². The minimum atomic E-state index is -0.233. The van der Waals surface area contributed by atoms with Crippen LogP contribution in [0.1, 0.15) is 28.4 Å². The number of nitrogens with one attached hydrogen (secondary N) is 2. The molecule has 1 aromatic carbocycles. The fourth-order valence-corrected chi connectivity index (χ4v) is 3.61. The van der Waals surface area contributed by atoms with Crippen LogP contribution in [0.2, 0.25) is 0 Å². The third kappa shape index (κ3) is 3.86. The standard InChI is InChI=1S/C20H24N6O3/c1-28-14-3-4-16(29-2)15(11-14)20(27)24-9-10-26-19-18(22-7-8-23-19)17(25-26)13-5-6-21-12-13/h3-4,7-8,11,13,21H,5-6,9-10,12H2,1-2H3,(H,24,27)/t13-/m0/s1. The Morgan fingerprint density at radius 3 is 2.90 bits per heavy atom. The number of benzene rings is 1. The lowest BCUT2D eigenvalue weighted by atomic mass is 10.0. The van der Waals surface area contributed by atoms with Crippen LogP contribution in [0, 0.1) is 0 Å². The fourth-order valence-electron chi connectivity index (χ4n) is 3.61. The lowest BCUT2D eigenvalue weighted by molar-refractivity contribution is 0.0948. The number of methoxy groups -OCH3 is 2. The lowest BCUT2D eigenvalue weighted by Gasteiger charge is -2.11. The Morgan fingerprint density at radius 1 is 1.28 bits per heavy atom. The zero-order valence-corrected chi connectivity index (χ0v) is 16.5. The molecule has 3 aromatic rings. The molecule has 3 heterocycles. The van der Waals surface area contributed by atoms with E-state index < -0.39 is 0 Å². The van der Waals surface area contributed by atoms with Crippen LogP contribution in [0.25, 0.3) is 11.2 Å². The Morgan fingerprint density at radius 2 is 2.14 bits per heavy atom. The third-order valence-electron chi connectivity index (χ3n) is 5.10. The number of rotatable bonds is 7. The lowest BCUT2D eigenvalue weighted by Crippen LogP contribution is -2.28. The van der Waals surface area contributed by atoms with Crippen molar-refractivity contribution in [3.8, 4) is 11.5 Å². The van der Waals surface area contributed by atoms with Crippen LogP contribution in [0.5, 0.6) is 11.5 Å². The van der Waals surface area contributed by atoms with Crippen molar-refractivity contribution in [2.24, 2.45) is 0 Å². The maximum absolute atomic E-state index is 12.6. The van der Waals surface area contributed by atoms with Crippen LogP contribution in [0.3, 0.4) is 0 Å². The maximum Gasteiger partial charge on any atom is 0.255 e. The molecule has 1 atom stereocenters. The minimum absolute atomic E-state index is 0.233. The molecule has 9 heteroatoms. The average molecular weight is 396 g/mol.